The molecule has 0 unspecified atom stereocenters. The molecule has 6 heteroatoms. The molecule has 118 valence electrons. The molecule has 22 heavy (non-hydrogen) atoms. The molecule has 2 aromatic carbocycles. The summed E-state index contributed by atoms with van der Waals surface area (Å²) < 4.78 is 0. The molecule has 0 saturated heterocycles. The first-order chi connectivity index (χ1) is 10.5. The van der Waals surface area contributed by atoms with Crippen LogP contribution in [0.1, 0.15) is 0 Å². The third-order valence-corrected chi connectivity index (χ3v) is 6.53. The van der Waals surface area contributed by atoms with Crippen LogP contribution in [0.3, 0.4) is 0 Å². The van der Waals surface area contributed by atoms with Gasteiger partial charge in [0.1, 0.15) is 0 Å². The number of hydrogen-bond donors (Lipinski definition) is 2. The van der Waals surface area contributed by atoms with Crippen molar-refractivity contribution in [2.24, 2.45) is 0 Å². The molecule has 0 bridgehead atoms. The van der Waals surface area contributed by atoms with E-state index in [0.29, 0.717) is 0 Å². The number of benzene rings is 2. The van der Waals surface area contributed by atoms with Gasteiger partial charge in [0.05, 0.1) is 11.4 Å². The zero-order chi connectivity index (χ0) is 16.3. The summed E-state index contributed by atoms with van der Waals surface area (Å²) in [6.07, 6.45) is 8.23. The van der Waals surface area contributed by atoms with Crippen LogP contribution < -0.4 is 11.5 Å². The average Bonchev–Trinajstić information content (AvgIpc) is 2.55. The number of nitrogen functional groups attached to an aromatic ring is 2. The van der Waals surface area contributed by atoms with Crippen molar-refractivity contribution in [3.8, 4) is 11.1 Å². The number of anilines is 2. The first-order valence-electron chi connectivity index (χ1n) is 6.59. The van der Waals surface area contributed by atoms with Crippen molar-refractivity contribution < 1.29 is 0 Å². The molecule has 0 aliphatic carbocycles. The van der Waals surface area contributed by atoms with E-state index in [0.717, 1.165) is 31.0 Å². The van der Waals surface area contributed by atoms with E-state index in [2.05, 4.69) is 49.3 Å². The maximum atomic E-state index is 6.22. The largest absolute Gasteiger partial charge is 0.397 e. The van der Waals surface area contributed by atoms with E-state index in [1.54, 1.807) is 47.0 Å². The summed E-state index contributed by atoms with van der Waals surface area (Å²) >= 11 is 6.73. The Balaban J connectivity index is 2.65. The molecular weight excluding hydrogens is 348 g/mol. The SMILES string of the molecule is CSc1cc(-c2cc(SC)c(N)c(SC)c2)cc(SC)c1N. The molecule has 0 atom stereocenters. The Morgan fingerprint density at radius 2 is 0.773 bits per heavy atom. The summed E-state index contributed by atoms with van der Waals surface area (Å²) in [6.45, 7) is 0. The summed E-state index contributed by atoms with van der Waals surface area (Å²) in [5, 5.41) is 0. The Morgan fingerprint density at radius 3 is 0.955 bits per heavy atom. The minimum Gasteiger partial charge on any atom is -0.397 e. The molecule has 0 aliphatic heterocycles. The van der Waals surface area contributed by atoms with Crippen LogP contribution in [-0.2, 0) is 0 Å². The molecule has 0 saturated carbocycles. The zero-order valence-electron chi connectivity index (χ0n) is 13.1. The summed E-state index contributed by atoms with van der Waals surface area (Å²) in [5.74, 6) is 0. The van der Waals surface area contributed by atoms with Gasteiger partial charge in [0.2, 0.25) is 0 Å². The van der Waals surface area contributed by atoms with Gasteiger partial charge < -0.3 is 11.5 Å². The van der Waals surface area contributed by atoms with Crippen molar-refractivity contribution >= 4 is 58.4 Å². The van der Waals surface area contributed by atoms with Gasteiger partial charge in [-0.25, -0.2) is 0 Å². The molecule has 0 heterocycles. The maximum absolute atomic E-state index is 6.22. The molecule has 0 aromatic heterocycles. The van der Waals surface area contributed by atoms with Crippen LogP contribution in [0.5, 0.6) is 0 Å². The summed E-state index contributed by atoms with van der Waals surface area (Å²) in [4.78, 5) is 4.48. The minimum atomic E-state index is 0.870. The van der Waals surface area contributed by atoms with Crippen molar-refractivity contribution in [1.82, 2.24) is 0 Å². The molecule has 0 radical (unpaired) electrons. The topological polar surface area (TPSA) is 52.0 Å². The van der Waals surface area contributed by atoms with Crippen molar-refractivity contribution in [2.75, 3.05) is 36.5 Å². The predicted molar refractivity (Wildman–Crippen MR) is 108 cm³/mol. The first-order valence-corrected chi connectivity index (χ1v) is 11.5. The second-order valence-corrected chi connectivity index (χ2v) is 7.98. The molecule has 4 N–H and O–H groups in total. The molecule has 2 rings (SSSR count). The third kappa shape index (κ3) is 3.50. The summed E-state index contributed by atoms with van der Waals surface area (Å²) in [7, 11) is 0. The van der Waals surface area contributed by atoms with Crippen molar-refractivity contribution in [3.63, 3.8) is 0 Å². The Hall–Kier alpha value is -0.560. The van der Waals surface area contributed by atoms with Crippen LogP contribution in [0.2, 0.25) is 0 Å². The molecule has 0 spiro atoms. The fourth-order valence-electron chi connectivity index (χ4n) is 2.21. The number of rotatable bonds is 5. The summed E-state index contributed by atoms with van der Waals surface area (Å²) in [6, 6.07) is 8.66. The van der Waals surface area contributed by atoms with Gasteiger partial charge in [-0.3, -0.25) is 0 Å². The molecule has 0 fully saturated rings. The highest BCUT2D eigenvalue weighted by molar-refractivity contribution is 8.00. The van der Waals surface area contributed by atoms with Gasteiger partial charge in [-0.1, -0.05) is 0 Å². The minimum absolute atomic E-state index is 0.870. The van der Waals surface area contributed by atoms with Gasteiger partial charge in [0.15, 0.2) is 0 Å². The standard InChI is InChI=1S/C16H20N2S4/c1-19-11-5-9(6-12(20-2)15(11)17)10-7-13(21-3)16(18)14(8-10)22-4/h5-8H,17-18H2,1-4H3. The lowest BCUT2D eigenvalue weighted by atomic mass is 10.0. The lowest BCUT2D eigenvalue weighted by Gasteiger charge is -2.15. The molecule has 0 amide bonds. The lowest BCUT2D eigenvalue weighted by molar-refractivity contribution is 1.31. The third-order valence-electron chi connectivity index (χ3n) is 3.42. The highest BCUT2D eigenvalue weighted by Gasteiger charge is 2.12. The first kappa shape index (κ1) is 17.8. The van der Waals surface area contributed by atoms with E-state index in [1.807, 2.05) is 0 Å². The van der Waals surface area contributed by atoms with Gasteiger partial charge in [-0.05, 0) is 60.4 Å². The lowest BCUT2D eigenvalue weighted by Crippen LogP contribution is -1.95. The maximum Gasteiger partial charge on any atom is 0.0590 e. The second-order valence-electron chi connectivity index (χ2n) is 4.59. The van der Waals surface area contributed by atoms with Gasteiger partial charge in [0.25, 0.3) is 0 Å². The average molecular weight is 369 g/mol. The van der Waals surface area contributed by atoms with E-state index >= 15 is 0 Å². The number of hydrogen-bond acceptors (Lipinski definition) is 6. The highest BCUT2D eigenvalue weighted by Crippen LogP contribution is 2.40. The van der Waals surface area contributed by atoms with Crippen molar-refractivity contribution in [3.05, 3.63) is 24.3 Å². The van der Waals surface area contributed by atoms with E-state index in [4.69, 9.17) is 11.5 Å². The van der Waals surface area contributed by atoms with Crippen LogP contribution in [0.15, 0.2) is 43.8 Å². The fourth-order valence-corrected chi connectivity index (χ4v) is 4.64. The molecular formula is C16H20N2S4. The van der Waals surface area contributed by atoms with Crippen LogP contribution in [0.4, 0.5) is 11.4 Å². The van der Waals surface area contributed by atoms with Gasteiger partial charge >= 0.3 is 0 Å². The summed E-state index contributed by atoms with van der Waals surface area (Å²) in [5.41, 5.74) is 16.6. The van der Waals surface area contributed by atoms with Gasteiger partial charge in [0, 0.05) is 19.6 Å². The number of nitrogens with two attached hydrogens (primary N) is 2. The Bertz CT molecular complexity index is 576. The predicted octanol–water partition coefficient (Wildman–Crippen LogP) is 5.41. The fraction of sp³-hybridized carbons (Fsp3) is 0.250. The van der Waals surface area contributed by atoms with E-state index in [-0.39, 0.29) is 0 Å². The van der Waals surface area contributed by atoms with E-state index in [9.17, 15) is 0 Å². The Labute approximate surface area is 149 Å². The van der Waals surface area contributed by atoms with Gasteiger partial charge in [-0.2, -0.15) is 0 Å². The van der Waals surface area contributed by atoms with Crippen LogP contribution in [0.25, 0.3) is 11.1 Å². The van der Waals surface area contributed by atoms with E-state index < -0.39 is 0 Å². The Kier molecular flexibility index (Phi) is 6.32. The van der Waals surface area contributed by atoms with Crippen LogP contribution >= 0.6 is 47.0 Å². The van der Waals surface area contributed by atoms with Crippen LogP contribution in [-0.4, -0.2) is 25.0 Å². The van der Waals surface area contributed by atoms with Crippen LogP contribution in [0, 0.1) is 0 Å². The molecule has 0 aliphatic rings. The zero-order valence-corrected chi connectivity index (χ0v) is 16.4. The monoisotopic (exact) mass is 368 g/mol. The normalized spacial score (nSPS) is 10.9. The second kappa shape index (κ2) is 7.81. The molecule has 2 aromatic rings. The smallest absolute Gasteiger partial charge is 0.0590 e. The van der Waals surface area contributed by atoms with E-state index in [1.165, 1.54) is 11.1 Å². The van der Waals surface area contributed by atoms with Crippen molar-refractivity contribution in [2.45, 2.75) is 19.6 Å². The van der Waals surface area contributed by atoms with Gasteiger partial charge in [-0.15, -0.1) is 47.0 Å². The quantitative estimate of drug-likeness (QED) is 0.544. The molecule has 2 nitrogen and oxygen atoms in total. The number of thioether (sulfide) groups is 4. The van der Waals surface area contributed by atoms with Crippen molar-refractivity contribution in [1.29, 1.82) is 0 Å². The highest BCUT2D eigenvalue weighted by atomic mass is 32.2. The Morgan fingerprint density at radius 1 is 0.545 bits per heavy atom.